The van der Waals surface area contributed by atoms with Gasteiger partial charge in [0.05, 0.1) is 11.4 Å². The quantitative estimate of drug-likeness (QED) is 0.544. The van der Waals surface area contributed by atoms with Crippen LogP contribution in [0.15, 0.2) is 29.3 Å². The minimum Gasteiger partial charge on any atom is -0.276 e. The number of halogens is 1. The van der Waals surface area contributed by atoms with Crippen molar-refractivity contribution in [1.82, 2.24) is 0 Å². The fourth-order valence-electron chi connectivity index (χ4n) is 1.25. The van der Waals surface area contributed by atoms with E-state index in [9.17, 15) is 0 Å². The maximum absolute atomic E-state index is 5.67. The van der Waals surface area contributed by atoms with Gasteiger partial charge in [0.2, 0.25) is 0 Å². The Hall–Kier alpha value is -0.820. The molecule has 0 N–H and O–H groups in total. The van der Waals surface area contributed by atoms with Gasteiger partial charge in [0.15, 0.2) is 0 Å². The first-order valence-electron chi connectivity index (χ1n) is 3.61. The lowest BCUT2D eigenvalue weighted by molar-refractivity contribution is 0.963. The van der Waals surface area contributed by atoms with E-state index in [1.165, 1.54) is 5.22 Å². The summed E-state index contributed by atoms with van der Waals surface area (Å²) in [4.78, 5) is 4.38. The fraction of sp³-hybridized carbons (Fsp3) is 0.222. The predicted octanol–water partition coefficient (Wildman–Crippen LogP) is 0.708. The van der Waals surface area contributed by atoms with Crippen LogP contribution in [0.4, 0.5) is 0 Å². The molecule has 0 fully saturated rings. The van der Waals surface area contributed by atoms with E-state index in [0.717, 1.165) is 5.36 Å². The summed E-state index contributed by atoms with van der Waals surface area (Å²) in [6, 6.07) is 8.27. The molecule has 1 nitrogen and oxygen atoms in total. The number of fused-ring (bicyclic) bond motifs is 1. The monoisotopic (exact) mass is 165 g/mol. The molecule has 1 atom stereocenters. The topological polar surface area (TPSA) is 12.4 Å². The molecule has 11 heavy (non-hydrogen) atoms. The second kappa shape index (κ2) is 2.67. The highest BCUT2D eigenvalue weighted by Crippen LogP contribution is 1.97. The lowest BCUT2D eigenvalue weighted by Crippen LogP contribution is -2.19. The van der Waals surface area contributed by atoms with Crippen molar-refractivity contribution in [3.63, 3.8) is 0 Å². The molecule has 1 aliphatic rings. The highest BCUT2D eigenvalue weighted by atomic mass is 35.5. The van der Waals surface area contributed by atoms with E-state index in [-0.39, 0.29) is 6.04 Å². The van der Waals surface area contributed by atoms with Gasteiger partial charge in [0.25, 0.3) is 0 Å². The minimum atomic E-state index is 0.189. The maximum atomic E-state index is 5.67. The number of nitrogens with zero attached hydrogens (tertiary/aromatic N) is 1. The van der Waals surface area contributed by atoms with Gasteiger partial charge >= 0.3 is 0 Å². The zero-order valence-electron chi connectivity index (χ0n) is 6.00. The van der Waals surface area contributed by atoms with Crippen LogP contribution < -0.4 is 10.6 Å². The van der Waals surface area contributed by atoms with E-state index in [1.54, 1.807) is 0 Å². The minimum absolute atomic E-state index is 0.189. The SMILES string of the molecule is ClCC1C=c2ccccc2=N1. The van der Waals surface area contributed by atoms with Crippen LogP contribution in [0, 0.1) is 0 Å². The van der Waals surface area contributed by atoms with E-state index >= 15 is 0 Å². The van der Waals surface area contributed by atoms with Crippen LogP contribution >= 0.6 is 11.6 Å². The molecule has 0 aromatic heterocycles. The number of alkyl halides is 1. The van der Waals surface area contributed by atoms with Gasteiger partial charge < -0.3 is 0 Å². The van der Waals surface area contributed by atoms with Crippen LogP contribution in [0.5, 0.6) is 0 Å². The van der Waals surface area contributed by atoms with Gasteiger partial charge in [0.1, 0.15) is 0 Å². The van der Waals surface area contributed by atoms with Crippen molar-refractivity contribution in [2.45, 2.75) is 6.04 Å². The first-order valence-corrected chi connectivity index (χ1v) is 4.14. The lowest BCUT2D eigenvalue weighted by atomic mass is 10.2. The Balaban J connectivity index is 2.61. The van der Waals surface area contributed by atoms with Crippen LogP contribution in [0.2, 0.25) is 0 Å². The summed E-state index contributed by atoms with van der Waals surface area (Å²) in [6.07, 6.45) is 2.10. The molecule has 2 heteroatoms. The second-order valence-corrected chi connectivity index (χ2v) is 2.88. The van der Waals surface area contributed by atoms with Gasteiger partial charge in [-0.05, 0) is 17.4 Å². The second-order valence-electron chi connectivity index (χ2n) is 2.58. The summed E-state index contributed by atoms with van der Waals surface area (Å²) in [5, 5.41) is 2.27. The van der Waals surface area contributed by atoms with Crippen LogP contribution in [0.1, 0.15) is 0 Å². The molecule has 0 aliphatic carbocycles. The highest BCUT2D eigenvalue weighted by Gasteiger charge is 2.04. The molecule has 1 heterocycles. The molecule has 56 valence electrons. The molecule has 1 unspecified atom stereocenters. The molecule has 0 spiro atoms. The normalized spacial score (nSPS) is 20.3. The predicted molar refractivity (Wildman–Crippen MR) is 46.2 cm³/mol. The maximum Gasteiger partial charge on any atom is 0.0832 e. The first-order chi connectivity index (χ1) is 5.40. The van der Waals surface area contributed by atoms with E-state index in [4.69, 9.17) is 11.6 Å². The Morgan fingerprint density at radius 2 is 2.18 bits per heavy atom. The first kappa shape index (κ1) is 6.86. The number of benzene rings is 1. The summed E-state index contributed by atoms with van der Waals surface area (Å²) in [5.74, 6) is 0.578. The van der Waals surface area contributed by atoms with Crippen LogP contribution in [0.25, 0.3) is 6.08 Å². The Kier molecular flexibility index (Phi) is 1.66. The largest absolute Gasteiger partial charge is 0.276 e. The molecule has 2 rings (SSSR count). The van der Waals surface area contributed by atoms with Crippen LogP contribution in [0.3, 0.4) is 0 Å². The van der Waals surface area contributed by atoms with Gasteiger partial charge in [-0.1, -0.05) is 18.2 Å². The van der Waals surface area contributed by atoms with Crippen molar-refractivity contribution in [2.24, 2.45) is 4.99 Å². The molecule has 0 amide bonds. The summed E-state index contributed by atoms with van der Waals surface area (Å²) in [5.41, 5.74) is 0. The molecule has 1 aliphatic heterocycles. The lowest BCUT2D eigenvalue weighted by Gasteiger charge is -1.92. The van der Waals surface area contributed by atoms with E-state index in [0.29, 0.717) is 5.88 Å². The number of hydrogen-bond donors (Lipinski definition) is 0. The summed E-state index contributed by atoms with van der Waals surface area (Å²) >= 11 is 5.67. The van der Waals surface area contributed by atoms with Crippen molar-refractivity contribution in [3.05, 3.63) is 34.8 Å². The number of rotatable bonds is 1. The van der Waals surface area contributed by atoms with Crippen molar-refractivity contribution >= 4 is 17.7 Å². The standard InChI is InChI=1S/C9H8ClN/c10-6-8-5-7-3-1-2-4-9(7)11-8/h1-5,8H,6H2. The smallest absolute Gasteiger partial charge is 0.0832 e. The molecular formula is C9H8ClN. The summed E-state index contributed by atoms with van der Waals surface area (Å²) < 4.78 is 0. The van der Waals surface area contributed by atoms with Gasteiger partial charge in [-0.25, -0.2) is 0 Å². The van der Waals surface area contributed by atoms with Gasteiger partial charge in [-0.2, -0.15) is 0 Å². The zero-order chi connectivity index (χ0) is 7.68. The average Bonchev–Trinajstić information content (AvgIpc) is 2.46. The Morgan fingerprint density at radius 3 is 2.91 bits per heavy atom. The van der Waals surface area contributed by atoms with Crippen molar-refractivity contribution in [2.75, 3.05) is 5.88 Å². The Morgan fingerprint density at radius 1 is 1.36 bits per heavy atom. The number of hydrogen-bond acceptors (Lipinski definition) is 1. The van der Waals surface area contributed by atoms with Gasteiger partial charge in [-0.15, -0.1) is 11.6 Å². The summed E-state index contributed by atoms with van der Waals surface area (Å²) in [7, 11) is 0. The van der Waals surface area contributed by atoms with E-state index < -0.39 is 0 Å². The van der Waals surface area contributed by atoms with Crippen molar-refractivity contribution in [1.29, 1.82) is 0 Å². The van der Waals surface area contributed by atoms with Gasteiger partial charge in [0, 0.05) is 5.88 Å². The average molecular weight is 166 g/mol. The fourth-order valence-corrected chi connectivity index (χ4v) is 1.41. The Labute approximate surface area is 70.0 Å². The van der Waals surface area contributed by atoms with Gasteiger partial charge in [-0.3, -0.25) is 4.99 Å². The molecular weight excluding hydrogens is 158 g/mol. The molecule has 1 aromatic carbocycles. The van der Waals surface area contributed by atoms with E-state index in [2.05, 4.69) is 17.1 Å². The highest BCUT2D eigenvalue weighted by molar-refractivity contribution is 6.18. The third-order valence-electron chi connectivity index (χ3n) is 1.77. The Bertz CT molecular complexity index is 334. The molecule has 0 radical (unpaired) electrons. The van der Waals surface area contributed by atoms with E-state index in [1.807, 2.05) is 18.2 Å². The third kappa shape index (κ3) is 1.16. The summed E-state index contributed by atoms with van der Waals surface area (Å²) in [6.45, 7) is 0. The third-order valence-corrected chi connectivity index (χ3v) is 2.09. The molecule has 1 aromatic rings. The molecule has 0 saturated carbocycles. The zero-order valence-corrected chi connectivity index (χ0v) is 6.75. The van der Waals surface area contributed by atoms with Crippen molar-refractivity contribution < 1.29 is 0 Å². The van der Waals surface area contributed by atoms with Crippen LogP contribution in [-0.2, 0) is 0 Å². The van der Waals surface area contributed by atoms with Crippen LogP contribution in [-0.4, -0.2) is 11.9 Å². The molecule has 0 bridgehead atoms. The van der Waals surface area contributed by atoms with Crippen molar-refractivity contribution in [3.8, 4) is 0 Å². The number of para-hydroxylation sites is 1. The molecule has 0 saturated heterocycles.